The minimum absolute atomic E-state index is 0.0534. The Hall–Kier alpha value is -0.0800. The molecular formula is C18H34O2. The maximum Gasteiger partial charge on any atom is 0.0591 e. The largest absolute Gasteiger partial charge is 0.393 e. The van der Waals surface area contributed by atoms with Crippen molar-refractivity contribution >= 4 is 0 Å². The molecule has 2 heteroatoms. The van der Waals surface area contributed by atoms with E-state index < -0.39 is 5.60 Å². The minimum Gasteiger partial charge on any atom is -0.393 e. The summed E-state index contributed by atoms with van der Waals surface area (Å²) in [5.41, 5.74) is -0.158. The molecule has 2 aliphatic rings. The molecule has 2 rings (SSSR count). The Morgan fingerprint density at radius 3 is 2.60 bits per heavy atom. The maximum absolute atomic E-state index is 10.3. The van der Waals surface area contributed by atoms with Crippen LogP contribution in [0.5, 0.6) is 0 Å². The lowest BCUT2D eigenvalue weighted by Crippen LogP contribution is -2.41. The second kappa shape index (κ2) is 5.96. The smallest absolute Gasteiger partial charge is 0.0591 e. The molecule has 0 radical (unpaired) electrons. The van der Waals surface area contributed by atoms with Crippen molar-refractivity contribution in [3.05, 3.63) is 0 Å². The first-order valence-electron chi connectivity index (χ1n) is 8.64. The van der Waals surface area contributed by atoms with Crippen LogP contribution in [0, 0.1) is 23.2 Å². The monoisotopic (exact) mass is 282 g/mol. The van der Waals surface area contributed by atoms with Gasteiger partial charge in [-0.15, -0.1) is 0 Å². The second-order valence-corrected chi connectivity index (χ2v) is 8.44. The van der Waals surface area contributed by atoms with Crippen LogP contribution >= 0.6 is 0 Å². The quantitative estimate of drug-likeness (QED) is 0.795. The minimum atomic E-state index is -0.525. The van der Waals surface area contributed by atoms with Crippen LogP contribution in [0.1, 0.15) is 79.1 Å². The zero-order valence-corrected chi connectivity index (χ0v) is 13.9. The number of hydrogen-bond donors (Lipinski definition) is 2. The molecule has 0 aromatic carbocycles. The van der Waals surface area contributed by atoms with Crippen molar-refractivity contribution in [2.75, 3.05) is 0 Å². The predicted octanol–water partition coefficient (Wildman–Crippen LogP) is 4.14. The van der Waals surface area contributed by atoms with Crippen LogP contribution in [0.4, 0.5) is 0 Å². The fourth-order valence-corrected chi connectivity index (χ4v) is 5.18. The van der Waals surface area contributed by atoms with Gasteiger partial charge in [-0.2, -0.15) is 0 Å². The lowest BCUT2D eigenvalue weighted by molar-refractivity contribution is -0.0283. The molecule has 0 spiro atoms. The van der Waals surface area contributed by atoms with E-state index in [4.69, 9.17) is 0 Å². The van der Waals surface area contributed by atoms with Crippen LogP contribution in [-0.4, -0.2) is 21.9 Å². The highest BCUT2D eigenvalue weighted by Crippen LogP contribution is 2.58. The van der Waals surface area contributed by atoms with Crippen LogP contribution < -0.4 is 0 Å². The molecule has 0 aliphatic heterocycles. The molecule has 20 heavy (non-hydrogen) atoms. The lowest BCUT2D eigenvalue weighted by Gasteiger charge is -2.45. The van der Waals surface area contributed by atoms with E-state index >= 15 is 0 Å². The van der Waals surface area contributed by atoms with Gasteiger partial charge in [0.05, 0.1) is 11.7 Å². The van der Waals surface area contributed by atoms with E-state index in [0.717, 1.165) is 31.1 Å². The molecule has 2 fully saturated rings. The van der Waals surface area contributed by atoms with Gasteiger partial charge in [-0.1, -0.05) is 33.1 Å². The van der Waals surface area contributed by atoms with Crippen LogP contribution in [0.15, 0.2) is 0 Å². The van der Waals surface area contributed by atoms with E-state index in [2.05, 4.69) is 13.8 Å². The Labute approximate surface area is 125 Å². The van der Waals surface area contributed by atoms with Gasteiger partial charge in [0.2, 0.25) is 0 Å². The predicted molar refractivity (Wildman–Crippen MR) is 83.5 cm³/mol. The molecule has 2 nitrogen and oxygen atoms in total. The van der Waals surface area contributed by atoms with Crippen molar-refractivity contribution in [3.8, 4) is 0 Å². The van der Waals surface area contributed by atoms with Crippen LogP contribution in [0.3, 0.4) is 0 Å². The van der Waals surface area contributed by atoms with Crippen molar-refractivity contribution in [1.29, 1.82) is 0 Å². The van der Waals surface area contributed by atoms with Crippen LogP contribution in [0.25, 0.3) is 0 Å². The summed E-state index contributed by atoms with van der Waals surface area (Å²) in [5.74, 6) is 2.03. The van der Waals surface area contributed by atoms with Crippen molar-refractivity contribution in [3.63, 3.8) is 0 Å². The molecule has 0 aromatic rings. The standard InChI is InChI=1S/C18H34O2/c1-13(7-5-11-17(2,3)20)14-9-10-15-16(19)8-6-12-18(14,15)4/h13-16,19-20H,5-12H2,1-4H3/t13?,14?,15?,16-,18?/m0/s1. The molecule has 0 saturated heterocycles. The number of fused-ring (bicyclic) bond motifs is 1. The van der Waals surface area contributed by atoms with Crippen molar-refractivity contribution in [1.82, 2.24) is 0 Å². The van der Waals surface area contributed by atoms with E-state index in [1.165, 1.54) is 32.1 Å². The Balaban J connectivity index is 1.92. The van der Waals surface area contributed by atoms with Gasteiger partial charge < -0.3 is 10.2 Å². The first kappa shape index (κ1) is 16.3. The number of hydrogen-bond acceptors (Lipinski definition) is 2. The summed E-state index contributed by atoms with van der Waals surface area (Å²) in [6.45, 7) is 8.64. The van der Waals surface area contributed by atoms with Crippen LogP contribution in [-0.2, 0) is 0 Å². The molecule has 4 unspecified atom stereocenters. The number of rotatable bonds is 5. The Morgan fingerprint density at radius 1 is 1.25 bits per heavy atom. The van der Waals surface area contributed by atoms with Gasteiger partial charge >= 0.3 is 0 Å². The summed E-state index contributed by atoms with van der Waals surface area (Å²) >= 11 is 0. The number of aliphatic hydroxyl groups excluding tert-OH is 1. The molecule has 0 aromatic heterocycles. The topological polar surface area (TPSA) is 40.5 Å². The molecule has 0 heterocycles. The first-order chi connectivity index (χ1) is 9.24. The van der Waals surface area contributed by atoms with Crippen molar-refractivity contribution in [2.45, 2.75) is 90.8 Å². The molecule has 0 bridgehead atoms. The van der Waals surface area contributed by atoms with Gasteiger partial charge in [0.15, 0.2) is 0 Å². The Kier molecular flexibility index (Phi) is 4.86. The molecule has 2 N–H and O–H groups in total. The highest BCUT2D eigenvalue weighted by atomic mass is 16.3. The maximum atomic E-state index is 10.3. The van der Waals surface area contributed by atoms with Gasteiger partial charge in [0.25, 0.3) is 0 Å². The highest BCUT2D eigenvalue weighted by Gasteiger charge is 2.51. The normalized spacial score (nSPS) is 39.6. The third-order valence-electron chi connectivity index (χ3n) is 6.30. The van der Waals surface area contributed by atoms with Crippen molar-refractivity contribution in [2.24, 2.45) is 23.2 Å². The molecule has 118 valence electrons. The summed E-state index contributed by atoms with van der Waals surface area (Å²) in [6.07, 6.45) is 9.20. The fraction of sp³-hybridized carbons (Fsp3) is 1.00. The van der Waals surface area contributed by atoms with E-state index in [-0.39, 0.29) is 6.10 Å². The van der Waals surface area contributed by atoms with Crippen LogP contribution in [0.2, 0.25) is 0 Å². The van der Waals surface area contributed by atoms with Gasteiger partial charge in [-0.05, 0) is 69.1 Å². The van der Waals surface area contributed by atoms with Crippen molar-refractivity contribution < 1.29 is 10.2 Å². The van der Waals surface area contributed by atoms with Gasteiger partial charge in [-0.25, -0.2) is 0 Å². The lowest BCUT2D eigenvalue weighted by atomic mass is 9.61. The zero-order chi connectivity index (χ0) is 15.0. The van der Waals surface area contributed by atoms with Gasteiger partial charge in [-0.3, -0.25) is 0 Å². The van der Waals surface area contributed by atoms with E-state index in [9.17, 15) is 10.2 Å². The van der Waals surface area contributed by atoms with E-state index in [1.54, 1.807) is 0 Å². The summed E-state index contributed by atoms with van der Waals surface area (Å²) < 4.78 is 0. The van der Waals surface area contributed by atoms with E-state index in [1.807, 2.05) is 13.8 Å². The summed E-state index contributed by atoms with van der Waals surface area (Å²) in [6, 6.07) is 0. The number of aliphatic hydroxyl groups is 2. The summed E-state index contributed by atoms with van der Waals surface area (Å²) in [4.78, 5) is 0. The second-order valence-electron chi connectivity index (χ2n) is 8.44. The van der Waals surface area contributed by atoms with E-state index in [0.29, 0.717) is 11.3 Å². The third-order valence-corrected chi connectivity index (χ3v) is 6.30. The molecule has 0 amide bonds. The molecule has 2 saturated carbocycles. The fourth-order valence-electron chi connectivity index (χ4n) is 5.18. The first-order valence-corrected chi connectivity index (χ1v) is 8.64. The molecule has 2 aliphatic carbocycles. The average molecular weight is 282 g/mol. The zero-order valence-electron chi connectivity index (χ0n) is 13.9. The molecule has 5 atom stereocenters. The summed E-state index contributed by atoms with van der Waals surface area (Å²) in [5, 5.41) is 20.1. The average Bonchev–Trinajstić information content (AvgIpc) is 2.66. The Bertz CT molecular complexity index is 320. The van der Waals surface area contributed by atoms with Gasteiger partial charge in [0, 0.05) is 0 Å². The summed E-state index contributed by atoms with van der Waals surface area (Å²) in [7, 11) is 0. The Morgan fingerprint density at radius 2 is 1.95 bits per heavy atom. The third kappa shape index (κ3) is 3.39. The molecular weight excluding hydrogens is 248 g/mol. The van der Waals surface area contributed by atoms with Gasteiger partial charge in [0.1, 0.15) is 0 Å². The SMILES string of the molecule is CC(CCCC(C)(C)O)C1CCC2[C@@H](O)CCCC12C. The highest BCUT2D eigenvalue weighted by molar-refractivity contribution is 5.01.